The molecule has 0 bridgehead atoms. The first-order valence-corrected chi connectivity index (χ1v) is 13.0. The predicted octanol–water partition coefficient (Wildman–Crippen LogP) is 3.02. The van der Waals surface area contributed by atoms with E-state index in [0.717, 1.165) is 10.4 Å². The van der Waals surface area contributed by atoms with Gasteiger partial charge in [-0.1, -0.05) is 88.4 Å². The number of phosphoric acid groups is 1. The third-order valence-corrected chi connectivity index (χ3v) is 10.3. The molecule has 0 saturated heterocycles. The summed E-state index contributed by atoms with van der Waals surface area (Å²) in [5.74, 6) is -0.483. The van der Waals surface area contributed by atoms with Crippen LogP contribution < -0.4 is 10.4 Å². The van der Waals surface area contributed by atoms with Gasteiger partial charge in [0.25, 0.3) is 8.32 Å². The first kappa shape index (κ1) is 23.7. The van der Waals surface area contributed by atoms with E-state index in [1.165, 1.54) is 0 Å². The Bertz CT molecular complexity index is 805. The smallest absolute Gasteiger partial charge is 0.397 e. The Kier molecular flexibility index (Phi) is 7.73. The van der Waals surface area contributed by atoms with Gasteiger partial charge in [0.1, 0.15) is 12.7 Å². The number of benzene rings is 2. The van der Waals surface area contributed by atoms with Crippen LogP contribution in [-0.2, 0) is 18.3 Å². The molecule has 0 aliphatic rings. The molecule has 0 unspecified atom stereocenters. The Labute approximate surface area is 173 Å². The Morgan fingerprint density at radius 2 is 1.45 bits per heavy atom. The molecule has 8 heteroatoms. The second-order valence-corrected chi connectivity index (χ2v) is 13.4. The largest absolute Gasteiger partial charge is 0.470 e. The molecule has 0 aliphatic heterocycles. The highest BCUT2D eigenvalue weighted by Crippen LogP contribution is 2.39. The molecule has 2 rings (SSSR count). The molecular formula is C21H29O6PSi. The number of rotatable bonds is 9. The highest BCUT2D eigenvalue weighted by molar-refractivity contribution is 7.46. The summed E-state index contributed by atoms with van der Waals surface area (Å²) < 4.78 is 22.2. The Morgan fingerprint density at radius 3 is 1.79 bits per heavy atom. The van der Waals surface area contributed by atoms with Crippen molar-refractivity contribution in [3.63, 3.8) is 0 Å². The maximum Gasteiger partial charge on any atom is 0.470 e. The molecule has 0 radical (unpaired) electrons. The van der Waals surface area contributed by atoms with Gasteiger partial charge in [-0.15, -0.1) is 0 Å². The molecule has 0 spiro atoms. The van der Waals surface area contributed by atoms with Crippen LogP contribution in [0.1, 0.15) is 34.1 Å². The summed E-state index contributed by atoms with van der Waals surface area (Å²) in [4.78, 5) is 30.6. The Morgan fingerprint density at radius 1 is 1.00 bits per heavy atom. The molecule has 2 N–H and O–H groups in total. The summed E-state index contributed by atoms with van der Waals surface area (Å²) in [6.45, 7) is 7.42. The summed E-state index contributed by atoms with van der Waals surface area (Å²) in [7, 11) is -7.68. The minimum absolute atomic E-state index is 0.312. The normalized spacial score (nSPS) is 13.9. The van der Waals surface area contributed by atoms with Crippen molar-refractivity contribution in [3.05, 3.63) is 60.7 Å². The van der Waals surface area contributed by atoms with Gasteiger partial charge >= 0.3 is 7.82 Å². The number of hydrogen-bond donors (Lipinski definition) is 2. The third kappa shape index (κ3) is 5.72. The van der Waals surface area contributed by atoms with Crippen LogP contribution in [0, 0.1) is 0 Å². The molecule has 2 aromatic rings. The van der Waals surface area contributed by atoms with Crippen molar-refractivity contribution < 1.29 is 28.1 Å². The van der Waals surface area contributed by atoms with Gasteiger partial charge in [-0.3, -0.25) is 9.32 Å². The zero-order valence-electron chi connectivity index (χ0n) is 17.2. The fraction of sp³-hybridized carbons (Fsp3) is 0.381. The number of ketones is 1. The Balaban J connectivity index is 2.55. The van der Waals surface area contributed by atoms with Crippen molar-refractivity contribution in [1.29, 1.82) is 0 Å². The first-order chi connectivity index (χ1) is 13.5. The molecule has 0 saturated carbocycles. The molecule has 0 aromatic heterocycles. The van der Waals surface area contributed by atoms with Crippen LogP contribution in [0.25, 0.3) is 0 Å². The van der Waals surface area contributed by atoms with Crippen LogP contribution >= 0.6 is 7.82 Å². The van der Waals surface area contributed by atoms with Crippen molar-refractivity contribution in [2.24, 2.45) is 0 Å². The molecule has 158 valence electrons. The number of hydrogen-bond acceptors (Lipinski definition) is 4. The van der Waals surface area contributed by atoms with Crippen LogP contribution in [0.2, 0.25) is 5.04 Å². The molecule has 0 heterocycles. The minimum atomic E-state index is -4.73. The zero-order valence-corrected chi connectivity index (χ0v) is 19.1. The molecule has 1 atom stereocenters. The first-order valence-electron chi connectivity index (χ1n) is 9.53. The molecule has 6 nitrogen and oxygen atoms in total. The highest BCUT2D eigenvalue weighted by atomic mass is 31.2. The van der Waals surface area contributed by atoms with E-state index in [9.17, 15) is 9.36 Å². The van der Waals surface area contributed by atoms with Crippen LogP contribution in [0.5, 0.6) is 0 Å². The standard InChI is InChI=1S/C21H29O6PSi/c1-5-20(19(22)16-26-28(23,24)25)27-29(21(2,3)4,17-12-8-6-9-13-17)18-14-10-7-11-15-18/h6-15,20H,5,16H2,1-4H3,(H2,23,24,25)/t20-/m1/s1. The van der Waals surface area contributed by atoms with Gasteiger partial charge < -0.3 is 14.2 Å². The van der Waals surface area contributed by atoms with Crippen molar-refractivity contribution >= 4 is 32.3 Å². The third-order valence-electron chi connectivity index (χ3n) is 4.84. The minimum Gasteiger partial charge on any atom is -0.397 e. The predicted molar refractivity (Wildman–Crippen MR) is 116 cm³/mol. The molecule has 29 heavy (non-hydrogen) atoms. The fourth-order valence-corrected chi connectivity index (χ4v) is 8.56. The highest BCUT2D eigenvalue weighted by Gasteiger charge is 2.52. The summed E-state index contributed by atoms with van der Waals surface area (Å²) in [6, 6.07) is 19.8. The van der Waals surface area contributed by atoms with Gasteiger partial charge in [0, 0.05) is 0 Å². The number of Topliss-reactive ketones (excluding diaryl/α,β-unsaturated/α-hetero) is 1. The van der Waals surface area contributed by atoms with E-state index in [0.29, 0.717) is 6.42 Å². The lowest BCUT2D eigenvalue weighted by atomic mass is 10.2. The lowest BCUT2D eigenvalue weighted by Gasteiger charge is -2.44. The number of phosphoric ester groups is 1. The van der Waals surface area contributed by atoms with E-state index >= 15 is 0 Å². The lowest BCUT2D eigenvalue weighted by Crippen LogP contribution is -2.68. The number of carbonyl (C=O) groups is 1. The quantitative estimate of drug-likeness (QED) is 0.464. The van der Waals surface area contributed by atoms with E-state index in [2.05, 4.69) is 25.3 Å². The van der Waals surface area contributed by atoms with Gasteiger partial charge in [-0.2, -0.15) is 0 Å². The molecule has 2 aromatic carbocycles. The molecule has 0 amide bonds. The summed E-state index contributed by atoms with van der Waals surface area (Å²) >= 11 is 0. The fourth-order valence-electron chi connectivity index (χ4n) is 3.52. The molecular weight excluding hydrogens is 407 g/mol. The van der Waals surface area contributed by atoms with Crippen molar-refractivity contribution in [1.82, 2.24) is 0 Å². The second kappa shape index (κ2) is 9.47. The van der Waals surface area contributed by atoms with Crippen molar-refractivity contribution in [2.75, 3.05) is 6.61 Å². The average Bonchev–Trinajstić information content (AvgIpc) is 2.67. The molecule has 0 fully saturated rings. The van der Waals surface area contributed by atoms with Gasteiger partial charge in [0.05, 0.1) is 0 Å². The summed E-state index contributed by atoms with van der Waals surface area (Å²) in [5.41, 5.74) is 0. The SMILES string of the molecule is CC[C@@H](O[Si](c1ccccc1)(c1ccccc1)C(C)(C)C)C(=O)COP(=O)(O)O. The number of carbonyl (C=O) groups excluding carboxylic acids is 1. The zero-order chi connectivity index (χ0) is 21.7. The van der Waals surface area contributed by atoms with E-state index in [1.54, 1.807) is 0 Å². The van der Waals surface area contributed by atoms with Gasteiger partial charge in [-0.05, 0) is 21.8 Å². The molecule has 0 aliphatic carbocycles. The van der Waals surface area contributed by atoms with Crippen LogP contribution in [0.4, 0.5) is 0 Å². The monoisotopic (exact) mass is 436 g/mol. The summed E-state index contributed by atoms with van der Waals surface area (Å²) in [6.07, 6.45) is -0.471. The lowest BCUT2D eigenvalue weighted by molar-refractivity contribution is -0.128. The van der Waals surface area contributed by atoms with Gasteiger partial charge in [0.2, 0.25) is 0 Å². The maximum absolute atomic E-state index is 12.7. The maximum atomic E-state index is 12.7. The van der Waals surface area contributed by atoms with Crippen LogP contribution in [0.15, 0.2) is 60.7 Å². The van der Waals surface area contributed by atoms with Crippen molar-refractivity contribution in [2.45, 2.75) is 45.3 Å². The van der Waals surface area contributed by atoms with E-state index < -0.39 is 34.6 Å². The van der Waals surface area contributed by atoms with E-state index in [1.807, 2.05) is 67.6 Å². The van der Waals surface area contributed by atoms with E-state index in [4.69, 9.17) is 14.2 Å². The van der Waals surface area contributed by atoms with Crippen LogP contribution in [-0.4, -0.2) is 36.6 Å². The van der Waals surface area contributed by atoms with Crippen molar-refractivity contribution in [3.8, 4) is 0 Å². The summed E-state index contributed by atoms with van der Waals surface area (Å²) in [5, 5.41) is 1.75. The average molecular weight is 437 g/mol. The Hall–Kier alpha value is -1.60. The van der Waals surface area contributed by atoms with E-state index in [-0.39, 0.29) is 5.04 Å². The van der Waals surface area contributed by atoms with Gasteiger partial charge in [-0.25, -0.2) is 4.57 Å². The second-order valence-electron chi connectivity index (χ2n) is 7.91. The van der Waals surface area contributed by atoms with Crippen LogP contribution in [0.3, 0.4) is 0 Å². The van der Waals surface area contributed by atoms with Gasteiger partial charge in [0.15, 0.2) is 5.78 Å². The topological polar surface area (TPSA) is 93.1 Å².